The quantitative estimate of drug-likeness (QED) is 0.656. The van der Waals surface area contributed by atoms with Crippen molar-refractivity contribution < 1.29 is 14.6 Å². The molecule has 17 heavy (non-hydrogen) atoms. The molecule has 2 atom stereocenters. The van der Waals surface area contributed by atoms with Gasteiger partial charge in [-0.15, -0.1) is 0 Å². The van der Waals surface area contributed by atoms with Crippen LogP contribution in [0, 0.1) is 0 Å². The molecule has 0 saturated heterocycles. The number of hydrogen-bond donors (Lipinski definition) is 3. The number of halogens is 2. The van der Waals surface area contributed by atoms with Crippen LogP contribution in [0.1, 0.15) is 6.42 Å². The van der Waals surface area contributed by atoms with Gasteiger partial charge >= 0.3 is 0 Å². The molecule has 0 amide bonds. The third-order valence-electron chi connectivity index (χ3n) is 2.95. The Bertz CT molecular complexity index is 422. The van der Waals surface area contributed by atoms with Crippen LogP contribution in [0.3, 0.4) is 0 Å². The summed E-state index contributed by atoms with van der Waals surface area (Å²) in [6.07, 6.45) is 0.722. The molecule has 94 valence electrons. The zero-order valence-electron chi connectivity index (χ0n) is 8.98. The van der Waals surface area contributed by atoms with Gasteiger partial charge in [0.05, 0.1) is 23.8 Å². The van der Waals surface area contributed by atoms with E-state index in [1.165, 1.54) is 6.20 Å². The lowest BCUT2D eigenvalue weighted by Crippen LogP contribution is -2.35. The van der Waals surface area contributed by atoms with Gasteiger partial charge in [-0.2, -0.15) is 0 Å². The van der Waals surface area contributed by atoms with Crippen molar-refractivity contribution in [2.24, 2.45) is 10.7 Å². The first-order valence-electron chi connectivity index (χ1n) is 5.15. The summed E-state index contributed by atoms with van der Waals surface area (Å²) >= 11 is 5.81. The van der Waals surface area contributed by atoms with E-state index in [0.717, 1.165) is 0 Å². The first kappa shape index (κ1) is 12.3. The van der Waals surface area contributed by atoms with Crippen molar-refractivity contribution in [3.8, 4) is 0 Å². The van der Waals surface area contributed by atoms with Gasteiger partial charge in [-0.3, -0.25) is 0 Å². The SMILES string of the molecule is NC1=NCN([C@H]2C[C@@H](O)C(CO)=C2F)C=C1Cl. The summed E-state index contributed by atoms with van der Waals surface area (Å²) in [5, 5.41) is 18.8. The van der Waals surface area contributed by atoms with E-state index in [4.69, 9.17) is 22.4 Å². The third kappa shape index (κ3) is 2.15. The van der Waals surface area contributed by atoms with Crippen LogP contribution in [0.15, 0.2) is 27.6 Å². The topological polar surface area (TPSA) is 82.1 Å². The molecule has 2 rings (SSSR count). The predicted molar refractivity (Wildman–Crippen MR) is 61.9 cm³/mol. The van der Waals surface area contributed by atoms with E-state index in [1.54, 1.807) is 4.90 Å². The second kappa shape index (κ2) is 4.64. The molecule has 7 heteroatoms. The molecule has 4 N–H and O–H groups in total. The molecule has 0 aromatic rings. The number of aliphatic hydroxyl groups is 2. The summed E-state index contributed by atoms with van der Waals surface area (Å²) in [5.74, 6) is -0.301. The van der Waals surface area contributed by atoms with E-state index in [0.29, 0.717) is 0 Å². The summed E-state index contributed by atoms with van der Waals surface area (Å²) in [6, 6.07) is -0.641. The molecule has 1 aliphatic heterocycles. The third-order valence-corrected chi connectivity index (χ3v) is 3.24. The molecular weight excluding hydrogens is 249 g/mol. The van der Waals surface area contributed by atoms with Crippen LogP contribution < -0.4 is 5.73 Å². The Morgan fingerprint density at radius 3 is 2.88 bits per heavy atom. The van der Waals surface area contributed by atoms with Gasteiger partial charge < -0.3 is 20.8 Å². The normalized spacial score (nSPS) is 29.5. The maximum absolute atomic E-state index is 13.9. The predicted octanol–water partition coefficient (Wildman–Crippen LogP) is 0.0460. The highest BCUT2D eigenvalue weighted by Crippen LogP contribution is 2.32. The average molecular weight is 262 g/mol. The zero-order chi connectivity index (χ0) is 12.6. The highest BCUT2D eigenvalue weighted by molar-refractivity contribution is 6.42. The Morgan fingerprint density at radius 2 is 2.35 bits per heavy atom. The number of hydrogen-bond acceptors (Lipinski definition) is 5. The molecule has 1 heterocycles. The molecule has 5 nitrogen and oxygen atoms in total. The number of amidine groups is 1. The van der Waals surface area contributed by atoms with Crippen LogP contribution in [0.5, 0.6) is 0 Å². The molecule has 0 fully saturated rings. The number of aliphatic hydroxyl groups excluding tert-OH is 2. The van der Waals surface area contributed by atoms with Gasteiger partial charge in [0.25, 0.3) is 0 Å². The van der Waals surface area contributed by atoms with E-state index in [-0.39, 0.29) is 29.5 Å². The maximum Gasteiger partial charge on any atom is 0.140 e. The minimum Gasteiger partial charge on any atom is -0.392 e. The molecule has 0 spiro atoms. The van der Waals surface area contributed by atoms with E-state index in [2.05, 4.69) is 4.99 Å². The molecule has 2 aliphatic rings. The van der Waals surface area contributed by atoms with Crippen molar-refractivity contribution in [2.75, 3.05) is 13.3 Å². The Morgan fingerprint density at radius 1 is 1.65 bits per heavy atom. The Balaban J connectivity index is 2.19. The number of nitrogens with zero attached hydrogens (tertiary/aromatic N) is 2. The summed E-state index contributed by atoms with van der Waals surface area (Å²) in [6.45, 7) is -0.300. The summed E-state index contributed by atoms with van der Waals surface area (Å²) in [4.78, 5) is 5.49. The number of aliphatic imine (C=N–C) groups is 1. The van der Waals surface area contributed by atoms with Gasteiger partial charge in [-0.1, -0.05) is 11.6 Å². The number of rotatable bonds is 2. The van der Waals surface area contributed by atoms with Crippen molar-refractivity contribution in [3.05, 3.63) is 22.6 Å². The Kier molecular flexibility index (Phi) is 3.37. The van der Waals surface area contributed by atoms with Gasteiger partial charge in [-0.25, -0.2) is 9.38 Å². The lowest BCUT2D eigenvalue weighted by Gasteiger charge is -2.28. The largest absolute Gasteiger partial charge is 0.392 e. The lowest BCUT2D eigenvalue weighted by atomic mass is 10.2. The first-order chi connectivity index (χ1) is 8.04. The second-order valence-corrected chi connectivity index (χ2v) is 4.38. The van der Waals surface area contributed by atoms with Crippen molar-refractivity contribution in [1.82, 2.24) is 4.90 Å². The van der Waals surface area contributed by atoms with E-state index in [9.17, 15) is 9.50 Å². The van der Waals surface area contributed by atoms with Crippen molar-refractivity contribution in [3.63, 3.8) is 0 Å². The van der Waals surface area contributed by atoms with E-state index in [1.807, 2.05) is 0 Å². The standard InChI is InChI=1S/C10H13ClFN3O2/c11-6-2-15(4-14-10(6)13)7-1-8(17)5(3-16)9(7)12/h2,7-8,16-17H,1,3-4H2,(H2,13,14)/t7-,8+/m0/s1. The van der Waals surface area contributed by atoms with Crippen molar-refractivity contribution >= 4 is 17.4 Å². The number of nitrogens with two attached hydrogens (primary N) is 1. The fourth-order valence-electron chi connectivity index (χ4n) is 1.97. The molecule has 0 aromatic carbocycles. The van der Waals surface area contributed by atoms with Gasteiger partial charge in [0.2, 0.25) is 0 Å². The second-order valence-electron chi connectivity index (χ2n) is 3.97. The van der Waals surface area contributed by atoms with Gasteiger partial charge in [0.1, 0.15) is 18.3 Å². The lowest BCUT2D eigenvalue weighted by molar-refractivity contribution is 0.167. The molecular formula is C10H13ClFN3O2. The van der Waals surface area contributed by atoms with Gasteiger partial charge in [0.15, 0.2) is 0 Å². The zero-order valence-corrected chi connectivity index (χ0v) is 9.73. The highest BCUT2D eigenvalue weighted by atomic mass is 35.5. The molecule has 0 aromatic heterocycles. The van der Waals surface area contributed by atoms with Crippen LogP contribution >= 0.6 is 11.6 Å². The smallest absolute Gasteiger partial charge is 0.140 e. The fraction of sp³-hybridized carbons (Fsp3) is 0.500. The summed E-state index contributed by atoms with van der Waals surface area (Å²) in [7, 11) is 0. The van der Waals surface area contributed by atoms with Crippen molar-refractivity contribution in [2.45, 2.75) is 18.6 Å². The first-order valence-corrected chi connectivity index (χ1v) is 5.53. The van der Waals surface area contributed by atoms with Gasteiger partial charge in [-0.05, 0) is 0 Å². The Hall–Kier alpha value is -1.11. The molecule has 0 saturated carbocycles. The van der Waals surface area contributed by atoms with Crippen molar-refractivity contribution in [1.29, 1.82) is 0 Å². The van der Waals surface area contributed by atoms with E-state index < -0.39 is 24.6 Å². The average Bonchev–Trinajstić information content (AvgIpc) is 2.58. The highest BCUT2D eigenvalue weighted by Gasteiger charge is 2.36. The minimum atomic E-state index is -0.958. The fourth-order valence-corrected chi connectivity index (χ4v) is 2.15. The minimum absolute atomic E-state index is 0.0297. The van der Waals surface area contributed by atoms with Crippen LogP contribution in [0.4, 0.5) is 4.39 Å². The van der Waals surface area contributed by atoms with Gasteiger partial charge in [0, 0.05) is 18.2 Å². The molecule has 0 radical (unpaired) electrons. The maximum atomic E-state index is 13.9. The Labute approximate surface area is 103 Å². The molecule has 0 unspecified atom stereocenters. The van der Waals surface area contributed by atoms with Crippen LogP contribution in [-0.2, 0) is 0 Å². The molecule has 1 aliphatic carbocycles. The summed E-state index contributed by atoms with van der Waals surface area (Å²) in [5.41, 5.74) is 5.51. The molecule has 0 bridgehead atoms. The monoisotopic (exact) mass is 261 g/mol. The summed E-state index contributed by atoms with van der Waals surface area (Å²) < 4.78 is 13.9. The van der Waals surface area contributed by atoms with Crippen LogP contribution in [0.2, 0.25) is 0 Å². The van der Waals surface area contributed by atoms with E-state index >= 15 is 0 Å². The van der Waals surface area contributed by atoms with Crippen LogP contribution in [-0.4, -0.2) is 46.4 Å². The van der Waals surface area contributed by atoms with Crippen LogP contribution in [0.25, 0.3) is 0 Å².